The van der Waals surface area contributed by atoms with Crippen LogP contribution in [0.25, 0.3) is 11.1 Å². The topological polar surface area (TPSA) is 95.7 Å². The number of cyclic esters (lactones) is 1. The Morgan fingerprint density at radius 3 is 2.37 bits per heavy atom. The lowest BCUT2D eigenvalue weighted by Gasteiger charge is -2.13. The number of halogens is 5. The molecule has 0 spiro atoms. The van der Waals surface area contributed by atoms with Crippen molar-refractivity contribution < 1.29 is 44.6 Å². The summed E-state index contributed by atoms with van der Waals surface area (Å²) < 4.78 is 98.0. The Morgan fingerprint density at radius 1 is 1.10 bits per heavy atom. The zero-order valence-corrected chi connectivity index (χ0v) is 15.8. The number of hydrogen-bond acceptors (Lipinski definition) is 5. The molecule has 0 aliphatic carbocycles. The highest BCUT2D eigenvalue weighted by molar-refractivity contribution is 7.89. The highest BCUT2D eigenvalue weighted by atomic mass is 32.2. The first-order valence-corrected chi connectivity index (χ1v) is 9.62. The molecular formula is C18H12F5NO5S. The standard InChI is InChI=1S/C18H12F5NO5S/c1-8-2-3-9(4-14(8)29-18(21,22)23)16-11(7-28-17(16)25)10-5-13(20)15(6-12(10)19)30(24,26)27/h2-6H,7H2,1H3,(H2,24,26,27). The van der Waals surface area contributed by atoms with Crippen LogP contribution in [0.15, 0.2) is 35.2 Å². The Bertz CT molecular complexity index is 1190. The average molecular weight is 449 g/mol. The molecule has 0 bridgehead atoms. The fourth-order valence-corrected chi connectivity index (χ4v) is 3.48. The van der Waals surface area contributed by atoms with E-state index in [0.717, 1.165) is 6.07 Å². The van der Waals surface area contributed by atoms with E-state index in [1.165, 1.54) is 19.1 Å². The van der Waals surface area contributed by atoms with E-state index in [0.29, 0.717) is 12.1 Å². The maximum absolute atomic E-state index is 14.5. The van der Waals surface area contributed by atoms with Crippen LogP contribution in [0.4, 0.5) is 22.0 Å². The number of sulfonamides is 1. The summed E-state index contributed by atoms with van der Waals surface area (Å²) in [7, 11) is -4.55. The number of benzene rings is 2. The van der Waals surface area contributed by atoms with Crippen molar-refractivity contribution in [2.75, 3.05) is 6.61 Å². The highest BCUT2D eigenvalue weighted by Crippen LogP contribution is 2.37. The van der Waals surface area contributed by atoms with Crippen molar-refractivity contribution in [1.82, 2.24) is 0 Å². The first kappa shape index (κ1) is 21.7. The molecule has 3 rings (SSSR count). The molecule has 0 unspecified atom stereocenters. The molecule has 0 aromatic heterocycles. The number of nitrogens with two attached hydrogens (primary N) is 1. The Hall–Kier alpha value is -2.99. The Morgan fingerprint density at radius 2 is 1.77 bits per heavy atom. The molecule has 0 saturated heterocycles. The second-order valence-corrected chi connectivity index (χ2v) is 7.80. The summed E-state index contributed by atoms with van der Waals surface area (Å²) in [5.41, 5.74) is -0.977. The number of carbonyl (C=O) groups excluding carboxylic acids is 1. The summed E-state index contributed by atoms with van der Waals surface area (Å²) >= 11 is 0. The van der Waals surface area contributed by atoms with Crippen LogP contribution in [-0.2, 0) is 19.6 Å². The molecular weight excluding hydrogens is 437 g/mol. The first-order valence-electron chi connectivity index (χ1n) is 8.07. The maximum atomic E-state index is 14.5. The van der Waals surface area contributed by atoms with Crippen LogP contribution >= 0.6 is 0 Å². The van der Waals surface area contributed by atoms with Gasteiger partial charge in [-0.1, -0.05) is 12.1 Å². The van der Waals surface area contributed by atoms with E-state index < -0.39 is 56.8 Å². The van der Waals surface area contributed by atoms with Crippen molar-refractivity contribution in [2.45, 2.75) is 18.2 Å². The third-order valence-corrected chi connectivity index (χ3v) is 5.14. The van der Waals surface area contributed by atoms with Gasteiger partial charge in [-0.3, -0.25) is 0 Å². The van der Waals surface area contributed by atoms with Crippen LogP contribution in [-0.4, -0.2) is 27.4 Å². The lowest BCUT2D eigenvalue weighted by molar-refractivity contribution is -0.274. The fourth-order valence-electron chi connectivity index (χ4n) is 2.88. The normalized spacial score (nSPS) is 14.8. The molecule has 1 aliphatic heterocycles. The smallest absolute Gasteiger partial charge is 0.457 e. The monoisotopic (exact) mass is 449 g/mol. The van der Waals surface area contributed by atoms with Crippen molar-refractivity contribution in [3.63, 3.8) is 0 Å². The van der Waals surface area contributed by atoms with E-state index in [1.807, 2.05) is 0 Å². The summed E-state index contributed by atoms with van der Waals surface area (Å²) in [6.07, 6.45) is -4.99. The van der Waals surface area contributed by atoms with E-state index >= 15 is 0 Å². The van der Waals surface area contributed by atoms with Crippen molar-refractivity contribution in [2.24, 2.45) is 5.14 Å². The van der Waals surface area contributed by atoms with Gasteiger partial charge in [-0.2, -0.15) is 0 Å². The number of esters is 1. The van der Waals surface area contributed by atoms with Crippen LogP contribution in [0, 0.1) is 18.6 Å². The van der Waals surface area contributed by atoms with E-state index in [1.54, 1.807) is 0 Å². The minimum atomic E-state index is -4.99. The molecule has 0 radical (unpaired) electrons. The molecule has 12 heteroatoms. The minimum absolute atomic E-state index is 0.0901. The van der Waals surface area contributed by atoms with E-state index in [2.05, 4.69) is 4.74 Å². The average Bonchev–Trinajstić information content (AvgIpc) is 2.98. The van der Waals surface area contributed by atoms with Gasteiger partial charge in [0.15, 0.2) is 0 Å². The number of aryl methyl sites for hydroxylation is 1. The van der Waals surface area contributed by atoms with Gasteiger partial charge in [0.1, 0.15) is 28.9 Å². The summed E-state index contributed by atoms with van der Waals surface area (Å²) in [6, 6.07) is 4.31. The molecule has 2 aromatic rings. The molecule has 0 amide bonds. The quantitative estimate of drug-likeness (QED) is 0.571. The highest BCUT2D eigenvalue weighted by Gasteiger charge is 2.34. The molecule has 1 heterocycles. The fraction of sp³-hybridized carbons (Fsp3) is 0.167. The van der Waals surface area contributed by atoms with Crippen LogP contribution in [0.3, 0.4) is 0 Å². The van der Waals surface area contributed by atoms with Gasteiger partial charge in [0.25, 0.3) is 0 Å². The lowest BCUT2D eigenvalue weighted by Crippen LogP contribution is -2.18. The van der Waals surface area contributed by atoms with Gasteiger partial charge < -0.3 is 9.47 Å². The van der Waals surface area contributed by atoms with Gasteiger partial charge in [0, 0.05) is 11.1 Å². The SMILES string of the molecule is Cc1ccc(C2=C(c3cc(F)c(S(N)(=O)=O)cc3F)COC2=O)cc1OC(F)(F)F. The molecule has 30 heavy (non-hydrogen) atoms. The summed E-state index contributed by atoms with van der Waals surface area (Å²) in [5, 5.41) is 4.82. The number of primary sulfonamides is 1. The van der Waals surface area contributed by atoms with E-state index in [9.17, 15) is 35.2 Å². The molecule has 0 atom stereocenters. The number of ether oxygens (including phenoxy) is 2. The van der Waals surface area contributed by atoms with Gasteiger partial charge in [-0.15, -0.1) is 13.2 Å². The lowest BCUT2D eigenvalue weighted by atomic mass is 9.95. The zero-order valence-electron chi connectivity index (χ0n) is 15.0. The van der Waals surface area contributed by atoms with Gasteiger partial charge in [0.2, 0.25) is 10.0 Å². The van der Waals surface area contributed by atoms with Gasteiger partial charge in [-0.25, -0.2) is 27.1 Å². The number of rotatable bonds is 4. The Kier molecular flexibility index (Phi) is 5.33. The molecule has 2 N–H and O–H groups in total. The Labute approximate surface area is 166 Å². The van der Waals surface area contributed by atoms with Gasteiger partial charge in [-0.05, 0) is 36.2 Å². The van der Waals surface area contributed by atoms with Crippen molar-refractivity contribution >= 4 is 27.1 Å². The molecule has 0 fully saturated rings. The third-order valence-electron chi connectivity index (χ3n) is 4.21. The molecule has 160 valence electrons. The summed E-state index contributed by atoms with van der Waals surface area (Å²) in [4.78, 5) is 11.1. The van der Waals surface area contributed by atoms with Crippen molar-refractivity contribution in [1.29, 1.82) is 0 Å². The summed E-state index contributed by atoms with van der Waals surface area (Å²) in [5.74, 6) is -4.17. The van der Waals surface area contributed by atoms with E-state index in [-0.39, 0.29) is 22.3 Å². The van der Waals surface area contributed by atoms with Crippen LogP contribution in [0.5, 0.6) is 5.75 Å². The first-order chi connectivity index (χ1) is 13.8. The minimum Gasteiger partial charge on any atom is -0.457 e. The van der Waals surface area contributed by atoms with E-state index in [4.69, 9.17) is 9.88 Å². The molecule has 0 saturated carbocycles. The maximum Gasteiger partial charge on any atom is 0.573 e. The van der Waals surface area contributed by atoms with Gasteiger partial charge >= 0.3 is 12.3 Å². The third kappa shape index (κ3) is 4.28. The number of hydrogen-bond donors (Lipinski definition) is 1. The second kappa shape index (κ2) is 7.36. The van der Waals surface area contributed by atoms with Crippen LogP contribution < -0.4 is 9.88 Å². The number of alkyl halides is 3. The summed E-state index contributed by atoms with van der Waals surface area (Å²) in [6.45, 7) is 0.830. The number of carbonyl (C=O) groups is 1. The molecule has 2 aromatic carbocycles. The van der Waals surface area contributed by atoms with Crippen LogP contribution in [0.2, 0.25) is 0 Å². The molecule has 1 aliphatic rings. The van der Waals surface area contributed by atoms with Gasteiger partial charge in [0.05, 0.1) is 5.57 Å². The second-order valence-electron chi connectivity index (χ2n) is 6.27. The zero-order chi connectivity index (χ0) is 22.4. The Balaban J connectivity index is 2.19. The predicted molar refractivity (Wildman–Crippen MR) is 93.4 cm³/mol. The van der Waals surface area contributed by atoms with Crippen LogP contribution in [0.1, 0.15) is 16.7 Å². The van der Waals surface area contributed by atoms with Crippen molar-refractivity contribution in [3.8, 4) is 5.75 Å². The predicted octanol–water partition coefficient (Wildman–Crippen LogP) is 3.29. The largest absolute Gasteiger partial charge is 0.573 e. The van der Waals surface area contributed by atoms with Crippen molar-refractivity contribution in [3.05, 3.63) is 58.7 Å². The molecule has 6 nitrogen and oxygen atoms in total.